The summed E-state index contributed by atoms with van der Waals surface area (Å²) in [6, 6.07) is 4.52. The van der Waals surface area contributed by atoms with Crippen LogP contribution in [0.5, 0.6) is 0 Å². The third-order valence-corrected chi connectivity index (χ3v) is 2.49. The van der Waals surface area contributed by atoms with Gasteiger partial charge in [0.05, 0.1) is 12.7 Å². The van der Waals surface area contributed by atoms with E-state index < -0.39 is 11.8 Å². The van der Waals surface area contributed by atoms with Crippen LogP contribution in [0.1, 0.15) is 21.5 Å². The minimum atomic E-state index is -0.832. The fourth-order valence-electron chi connectivity index (χ4n) is 1.14. The number of nitrogens with zero attached hydrogens (tertiary/aromatic N) is 1. The molecular formula is C10H7BrFNO2. The van der Waals surface area contributed by atoms with Gasteiger partial charge < -0.3 is 4.74 Å². The van der Waals surface area contributed by atoms with Crippen LogP contribution in [0.25, 0.3) is 0 Å². The molecule has 0 spiro atoms. The zero-order valence-electron chi connectivity index (χ0n) is 7.88. The molecule has 0 saturated carbocycles. The first kappa shape index (κ1) is 11.7. The fraction of sp³-hybridized carbons (Fsp3) is 0.200. The monoisotopic (exact) mass is 271 g/mol. The summed E-state index contributed by atoms with van der Waals surface area (Å²) in [6.07, 6.45) is 0. The fourth-order valence-corrected chi connectivity index (χ4v) is 1.60. The van der Waals surface area contributed by atoms with Crippen molar-refractivity contribution < 1.29 is 13.9 Å². The third-order valence-electron chi connectivity index (χ3n) is 1.88. The van der Waals surface area contributed by atoms with Gasteiger partial charge in [0.15, 0.2) is 5.82 Å². The number of benzene rings is 1. The second kappa shape index (κ2) is 4.89. The molecule has 0 aliphatic rings. The molecule has 0 aliphatic heterocycles. The van der Waals surface area contributed by atoms with Crippen LogP contribution in [-0.2, 0) is 10.1 Å². The van der Waals surface area contributed by atoms with Gasteiger partial charge in [-0.1, -0.05) is 22.0 Å². The van der Waals surface area contributed by atoms with E-state index in [0.29, 0.717) is 10.9 Å². The van der Waals surface area contributed by atoms with Gasteiger partial charge in [0.1, 0.15) is 11.6 Å². The second-order valence-corrected chi connectivity index (χ2v) is 3.26. The van der Waals surface area contributed by atoms with Crippen molar-refractivity contribution in [1.29, 1.82) is 5.26 Å². The molecule has 1 rings (SSSR count). The molecule has 0 unspecified atom stereocenters. The molecule has 3 nitrogen and oxygen atoms in total. The number of carbonyl (C=O) groups excluding carboxylic acids is 1. The maximum atomic E-state index is 13.6. The minimum Gasteiger partial charge on any atom is -0.465 e. The number of hydrogen-bond donors (Lipinski definition) is 0. The molecule has 15 heavy (non-hydrogen) atoms. The summed E-state index contributed by atoms with van der Waals surface area (Å²) in [4.78, 5) is 11.3. The number of alkyl halides is 1. The van der Waals surface area contributed by atoms with Gasteiger partial charge in [-0.05, 0) is 11.6 Å². The highest BCUT2D eigenvalue weighted by Gasteiger charge is 2.19. The number of esters is 1. The predicted molar refractivity (Wildman–Crippen MR) is 55.1 cm³/mol. The Morgan fingerprint density at radius 3 is 2.80 bits per heavy atom. The molecule has 0 saturated heterocycles. The summed E-state index contributed by atoms with van der Waals surface area (Å²) in [7, 11) is 1.17. The second-order valence-electron chi connectivity index (χ2n) is 2.70. The maximum absolute atomic E-state index is 13.6. The van der Waals surface area contributed by atoms with E-state index in [1.165, 1.54) is 19.2 Å². The average Bonchev–Trinajstić information content (AvgIpc) is 2.27. The largest absolute Gasteiger partial charge is 0.465 e. The number of ether oxygens (including phenoxy) is 1. The first-order valence-corrected chi connectivity index (χ1v) is 5.13. The van der Waals surface area contributed by atoms with Crippen LogP contribution in [0, 0.1) is 17.1 Å². The topological polar surface area (TPSA) is 50.1 Å². The molecule has 1 aromatic rings. The molecular weight excluding hydrogens is 265 g/mol. The van der Waals surface area contributed by atoms with Crippen LogP contribution < -0.4 is 0 Å². The zero-order chi connectivity index (χ0) is 11.4. The summed E-state index contributed by atoms with van der Waals surface area (Å²) in [5, 5.41) is 8.93. The highest BCUT2D eigenvalue weighted by Crippen LogP contribution is 2.20. The summed E-state index contributed by atoms with van der Waals surface area (Å²) >= 11 is 3.13. The van der Waals surface area contributed by atoms with Crippen LogP contribution in [-0.4, -0.2) is 13.1 Å². The van der Waals surface area contributed by atoms with E-state index in [2.05, 4.69) is 20.7 Å². The van der Waals surface area contributed by atoms with E-state index in [-0.39, 0.29) is 11.1 Å². The van der Waals surface area contributed by atoms with Crippen molar-refractivity contribution in [3.05, 3.63) is 34.6 Å². The lowest BCUT2D eigenvalue weighted by molar-refractivity contribution is 0.0594. The summed E-state index contributed by atoms with van der Waals surface area (Å²) in [5.41, 5.74) is 0.104. The van der Waals surface area contributed by atoms with Gasteiger partial charge in [-0.25, -0.2) is 9.18 Å². The highest BCUT2D eigenvalue weighted by atomic mass is 79.9. The molecule has 0 atom stereocenters. The summed E-state index contributed by atoms with van der Waals surface area (Å²) < 4.78 is 18.1. The van der Waals surface area contributed by atoms with Crippen molar-refractivity contribution in [2.45, 2.75) is 5.33 Å². The quantitative estimate of drug-likeness (QED) is 0.613. The van der Waals surface area contributed by atoms with Gasteiger partial charge in [0.2, 0.25) is 0 Å². The molecule has 1 aromatic carbocycles. The number of nitriles is 1. The normalized spacial score (nSPS) is 9.47. The van der Waals surface area contributed by atoms with Gasteiger partial charge in [0.25, 0.3) is 0 Å². The lowest BCUT2D eigenvalue weighted by Gasteiger charge is -2.07. The molecule has 0 fully saturated rings. The number of hydrogen-bond acceptors (Lipinski definition) is 3. The predicted octanol–water partition coefficient (Wildman–Crippen LogP) is 2.38. The van der Waals surface area contributed by atoms with Crippen LogP contribution in [0.15, 0.2) is 12.1 Å². The van der Waals surface area contributed by atoms with Gasteiger partial charge in [-0.3, -0.25) is 0 Å². The van der Waals surface area contributed by atoms with E-state index in [0.717, 1.165) is 0 Å². The molecule has 0 bridgehead atoms. The zero-order valence-corrected chi connectivity index (χ0v) is 9.47. The molecule has 0 heterocycles. The van der Waals surface area contributed by atoms with Gasteiger partial charge in [0, 0.05) is 5.33 Å². The number of carbonyl (C=O) groups is 1. The van der Waals surface area contributed by atoms with Crippen molar-refractivity contribution in [2.75, 3.05) is 7.11 Å². The van der Waals surface area contributed by atoms with E-state index >= 15 is 0 Å². The van der Waals surface area contributed by atoms with E-state index in [1.807, 2.05) is 0 Å². The van der Waals surface area contributed by atoms with Gasteiger partial charge in [-0.2, -0.15) is 5.26 Å². The summed E-state index contributed by atoms with van der Waals surface area (Å²) in [6.45, 7) is 0. The van der Waals surface area contributed by atoms with E-state index in [4.69, 9.17) is 5.26 Å². The Hall–Kier alpha value is -1.41. The lowest BCUT2D eigenvalue weighted by Crippen LogP contribution is -2.09. The lowest BCUT2D eigenvalue weighted by atomic mass is 10.0. The van der Waals surface area contributed by atoms with Crippen LogP contribution >= 0.6 is 15.9 Å². The first-order chi connectivity index (χ1) is 7.15. The van der Waals surface area contributed by atoms with Gasteiger partial charge in [-0.15, -0.1) is 0 Å². The minimum absolute atomic E-state index is 0.167. The van der Waals surface area contributed by atoms with Gasteiger partial charge >= 0.3 is 5.97 Å². The van der Waals surface area contributed by atoms with Crippen LogP contribution in [0.3, 0.4) is 0 Å². The van der Waals surface area contributed by atoms with Crippen molar-refractivity contribution in [3.8, 4) is 6.07 Å². The third kappa shape index (κ3) is 2.16. The Morgan fingerprint density at radius 2 is 2.33 bits per heavy atom. The van der Waals surface area contributed by atoms with E-state index in [1.54, 1.807) is 6.07 Å². The smallest absolute Gasteiger partial charge is 0.341 e. The number of rotatable bonds is 2. The standard InChI is InChI=1S/C10H7BrFNO2/c1-15-10(14)8-6(4-11)2-3-7(5-13)9(8)12/h2-3H,4H2,1H3. The Morgan fingerprint density at radius 1 is 1.67 bits per heavy atom. The molecule has 0 aliphatic carbocycles. The maximum Gasteiger partial charge on any atom is 0.341 e. The van der Waals surface area contributed by atoms with Crippen LogP contribution in [0.2, 0.25) is 0 Å². The average molecular weight is 272 g/mol. The van der Waals surface area contributed by atoms with Crippen molar-refractivity contribution in [2.24, 2.45) is 0 Å². The first-order valence-electron chi connectivity index (χ1n) is 4.01. The molecule has 0 radical (unpaired) electrons. The Balaban J connectivity index is 3.44. The molecule has 0 aromatic heterocycles. The molecule has 5 heteroatoms. The number of halogens is 2. The van der Waals surface area contributed by atoms with Crippen molar-refractivity contribution in [1.82, 2.24) is 0 Å². The molecule has 78 valence electrons. The van der Waals surface area contributed by atoms with Crippen molar-refractivity contribution >= 4 is 21.9 Å². The molecule has 0 N–H and O–H groups in total. The molecule has 0 amide bonds. The Bertz CT molecular complexity index is 440. The SMILES string of the molecule is COC(=O)c1c(CBr)ccc(C#N)c1F. The Labute approximate surface area is 94.6 Å². The number of methoxy groups -OCH3 is 1. The highest BCUT2D eigenvalue weighted by molar-refractivity contribution is 9.08. The Kier molecular flexibility index (Phi) is 3.81. The van der Waals surface area contributed by atoms with Crippen molar-refractivity contribution in [3.63, 3.8) is 0 Å². The van der Waals surface area contributed by atoms with E-state index in [9.17, 15) is 9.18 Å². The van der Waals surface area contributed by atoms with Crippen LogP contribution in [0.4, 0.5) is 4.39 Å². The summed E-state index contributed by atoms with van der Waals surface area (Å²) in [5.74, 6) is -1.61.